The third-order valence-corrected chi connectivity index (χ3v) is 4.71. The second-order valence-corrected chi connectivity index (χ2v) is 7.05. The van der Waals surface area contributed by atoms with E-state index in [2.05, 4.69) is 10.6 Å². The number of benzene rings is 2. The smallest absolute Gasteiger partial charge is 0.251 e. The summed E-state index contributed by atoms with van der Waals surface area (Å²) in [6, 6.07) is 9.76. The van der Waals surface area contributed by atoms with E-state index in [1.165, 1.54) is 18.2 Å². The first-order chi connectivity index (χ1) is 12.9. The number of amides is 2. The Morgan fingerprint density at radius 2 is 1.93 bits per heavy atom. The number of nitrogens with one attached hydrogen (secondary N) is 2. The number of hydrogen-bond acceptors (Lipinski definition) is 4. The molecule has 2 amide bonds. The van der Waals surface area contributed by atoms with Crippen LogP contribution in [0.25, 0.3) is 0 Å². The van der Waals surface area contributed by atoms with Gasteiger partial charge in [0.1, 0.15) is 17.6 Å². The monoisotopic (exact) mass is 410 g/mol. The maximum atomic E-state index is 13.3. The van der Waals surface area contributed by atoms with Crippen molar-refractivity contribution < 1.29 is 18.7 Å². The lowest BCUT2D eigenvalue weighted by Gasteiger charge is -2.18. The van der Waals surface area contributed by atoms with E-state index in [-0.39, 0.29) is 10.9 Å². The van der Waals surface area contributed by atoms with Crippen LogP contribution in [0.3, 0.4) is 0 Å². The lowest BCUT2D eigenvalue weighted by Crippen LogP contribution is -2.44. The van der Waals surface area contributed by atoms with Gasteiger partial charge in [0.25, 0.3) is 5.91 Å². The van der Waals surface area contributed by atoms with Gasteiger partial charge in [0.15, 0.2) is 0 Å². The van der Waals surface area contributed by atoms with E-state index in [9.17, 15) is 14.0 Å². The molecule has 2 N–H and O–H groups in total. The van der Waals surface area contributed by atoms with Gasteiger partial charge in [-0.3, -0.25) is 9.59 Å². The van der Waals surface area contributed by atoms with Crippen LogP contribution in [0.2, 0.25) is 5.02 Å². The predicted molar refractivity (Wildman–Crippen MR) is 107 cm³/mol. The van der Waals surface area contributed by atoms with E-state index in [1.807, 2.05) is 6.26 Å². The Morgan fingerprint density at radius 1 is 1.22 bits per heavy atom. The quantitative estimate of drug-likeness (QED) is 0.690. The van der Waals surface area contributed by atoms with Gasteiger partial charge in [-0.05, 0) is 60.9 Å². The van der Waals surface area contributed by atoms with Gasteiger partial charge in [-0.2, -0.15) is 11.8 Å². The highest BCUT2D eigenvalue weighted by atomic mass is 35.5. The summed E-state index contributed by atoms with van der Waals surface area (Å²) in [6.45, 7) is 0. The molecule has 0 heterocycles. The second-order valence-electron chi connectivity index (χ2n) is 5.65. The van der Waals surface area contributed by atoms with Crippen LogP contribution in [-0.2, 0) is 4.79 Å². The molecule has 0 aliphatic rings. The van der Waals surface area contributed by atoms with E-state index >= 15 is 0 Å². The zero-order valence-corrected chi connectivity index (χ0v) is 16.5. The molecule has 0 bridgehead atoms. The fourth-order valence-corrected chi connectivity index (χ4v) is 2.94. The van der Waals surface area contributed by atoms with Crippen LogP contribution >= 0.6 is 23.4 Å². The van der Waals surface area contributed by atoms with Crippen LogP contribution in [0.1, 0.15) is 16.8 Å². The minimum absolute atomic E-state index is 0.0873. The number of ether oxygens (including phenoxy) is 1. The number of methoxy groups -OCH3 is 1. The van der Waals surface area contributed by atoms with Crippen molar-refractivity contribution in [1.82, 2.24) is 5.32 Å². The summed E-state index contributed by atoms with van der Waals surface area (Å²) >= 11 is 7.31. The minimum Gasteiger partial charge on any atom is -0.497 e. The van der Waals surface area contributed by atoms with E-state index in [0.717, 1.165) is 0 Å². The molecule has 0 saturated carbocycles. The van der Waals surface area contributed by atoms with E-state index in [4.69, 9.17) is 16.3 Å². The molecule has 5 nitrogen and oxygen atoms in total. The number of thioether (sulfide) groups is 1. The lowest BCUT2D eigenvalue weighted by molar-refractivity contribution is -0.118. The van der Waals surface area contributed by atoms with Gasteiger partial charge < -0.3 is 15.4 Å². The van der Waals surface area contributed by atoms with E-state index < -0.39 is 17.8 Å². The van der Waals surface area contributed by atoms with Crippen molar-refractivity contribution in [3.63, 3.8) is 0 Å². The molecule has 0 spiro atoms. The van der Waals surface area contributed by atoms with Crippen LogP contribution in [0.5, 0.6) is 5.75 Å². The standard InChI is InChI=1S/C19H20ClFN2O3S/c1-26-14-6-3-12(4-7-14)18(24)23-17(9-10-27-2)19(25)22-13-5-8-16(21)15(20)11-13/h3-8,11,17H,9-10H2,1-2H3,(H,22,25)(H,23,24)/t17-/m1/s1. The molecule has 0 saturated heterocycles. The highest BCUT2D eigenvalue weighted by molar-refractivity contribution is 7.98. The summed E-state index contributed by atoms with van der Waals surface area (Å²) in [7, 11) is 1.54. The molecule has 0 unspecified atom stereocenters. The van der Waals surface area contributed by atoms with Crippen molar-refractivity contribution in [1.29, 1.82) is 0 Å². The van der Waals surface area contributed by atoms with Crippen molar-refractivity contribution in [2.24, 2.45) is 0 Å². The maximum Gasteiger partial charge on any atom is 0.251 e. The Bertz CT molecular complexity index is 802. The lowest BCUT2D eigenvalue weighted by atomic mass is 10.1. The number of rotatable bonds is 8. The van der Waals surface area contributed by atoms with Crippen LogP contribution < -0.4 is 15.4 Å². The average Bonchev–Trinajstić information content (AvgIpc) is 2.67. The summed E-state index contributed by atoms with van der Waals surface area (Å²) < 4.78 is 18.3. The summed E-state index contributed by atoms with van der Waals surface area (Å²) in [5, 5.41) is 5.31. The molecule has 1 atom stereocenters. The molecular formula is C19H20ClFN2O3S. The number of halogens is 2. The van der Waals surface area contributed by atoms with Crippen molar-refractivity contribution in [3.8, 4) is 5.75 Å². The summed E-state index contributed by atoms with van der Waals surface area (Å²) in [5.41, 5.74) is 0.779. The summed E-state index contributed by atoms with van der Waals surface area (Å²) in [5.74, 6) is -0.00651. The highest BCUT2D eigenvalue weighted by Crippen LogP contribution is 2.20. The van der Waals surface area contributed by atoms with Gasteiger partial charge in [0, 0.05) is 11.3 Å². The molecule has 27 heavy (non-hydrogen) atoms. The Hall–Kier alpha value is -2.25. The van der Waals surface area contributed by atoms with Crippen molar-refractivity contribution in [2.75, 3.05) is 24.4 Å². The zero-order chi connectivity index (χ0) is 19.8. The normalized spacial score (nSPS) is 11.6. The van der Waals surface area contributed by atoms with Crippen molar-refractivity contribution in [2.45, 2.75) is 12.5 Å². The number of carbonyl (C=O) groups is 2. The molecule has 0 aromatic heterocycles. The first kappa shape index (κ1) is 21.1. The first-order valence-electron chi connectivity index (χ1n) is 8.14. The highest BCUT2D eigenvalue weighted by Gasteiger charge is 2.21. The number of hydrogen-bond donors (Lipinski definition) is 2. The topological polar surface area (TPSA) is 67.4 Å². The van der Waals surface area contributed by atoms with Crippen LogP contribution in [-0.4, -0.2) is 37.0 Å². The van der Waals surface area contributed by atoms with Gasteiger partial charge in [-0.25, -0.2) is 4.39 Å². The molecule has 2 aromatic rings. The molecular weight excluding hydrogens is 391 g/mol. The van der Waals surface area contributed by atoms with E-state index in [1.54, 1.807) is 43.1 Å². The molecule has 0 radical (unpaired) electrons. The predicted octanol–water partition coefficient (Wildman–Crippen LogP) is 3.98. The molecule has 0 aliphatic carbocycles. The maximum absolute atomic E-state index is 13.3. The minimum atomic E-state index is -0.740. The largest absolute Gasteiger partial charge is 0.497 e. The zero-order valence-electron chi connectivity index (χ0n) is 14.9. The summed E-state index contributed by atoms with van der Waals surface area (Å²) in [6.07, 6.45) is 2.36. The van der Waals surface area contributed by atoms with Gasteiger partial charge in [0.05, 0.1) is 12.1 Å². The number of carbonyl (C=O) groups excluding carboxylic acids is 2. The van der Waals surface area contributed by atoms with Gasteiger partial charge in [-0.1, -0.05) is 11.6 Å². The SMILES string of the molecule is COc1ccc(C(=O)N[C@H](CCSC)C(=O)Nc2ccc(F)c(Cl)c2)cc1. The Morgan fingerprint density at radius 3 is 2.52 bits per heavy atom. The molecule has 2 rings (SSSR count). The second kappa shape index (κ2) is 10.2. The fraction of sp³-hybridized carbons (Fsp3) is 0.263. The Kier molecular flexibility index (Phi) is 7.94. The van der Waals surface area contributed by atoms with Crippen LogP contribution in [0.4, 0.5) is 10.1 Å². The molecule has 2 aromatic carbocycles. The molecule has 0 fully saturated rings. The molecule has 144 valence electrons. The first-order valence-corrected chi connectivity index (χ1v) is 9.91. The Balaban J connectivity index is 2.08. The van der Waals surface area contributed by atoms with Gasteiger partial charge in [0.2, 0.25) is 5.91 Å². The average molecular weight is 411 g/mol. The van der Waals surface area contributed by atoms with Gasteiger partial charge in [-0.15, -0.1) is 0 Å². The third-order valence-electron chi connectivity index (χ3n) is 3.77. The third kappa shape index (κ3) is 6.15. The fourth-order valence-electron chi connectivity index (χ4n) is 2.29. The van der Waals surface area contributed by atoms with Crippen molar-refractivity contribution in [3.05, 3.63) is 58.9 Å². The summed E-state index contributed by atoms with van der Waals surface area (Å²) in [4.78, 5) is 25.1. The van der Waals surface area contributed by atoms with E-state index in [0.29, 0.717) is 29.2 Å². The Labute approximate surface area is 166 Å². The van der Waals surface area contributed by atoms with Crippen LogP contribution in [0.15, 0.2) is 42.5 Å². The van der Waals surface area contributed by atoms with Gasteiger partial charge >= 0.3 is 0 Å². The van der Waals surface area contributed by atoms with Crippen molar-refractivity contribution >= 4 is 40.9 Å². The molecule has 0 aliphatic heterocycles. The van der Waals surface area contributed by atoms with Crippen LogP contribution in [0, 0.1) is 5.82 Å². The molecule has 8 heteroatoms. The number of anilines is 1.